The molecule has 2 aromatic heterocycles. The van der Waals surface area contributed by atoms with Gasteiger partial charge in [0.25, 0.3) is 0 Å². The molecule has 7 heteroatoms. The molecule has 0 saturated carbocycles. The average molecular weight is 317 g/mol. The molecule has 0 aliphatic carbocycles. The molecule has 3 aromatic rings. The van der Waals surface area contributed by atoms with Crippen LogP contribution in [0.2, 0.25) is 0 Å². The predicted molar refractivity (Wildman–Crippen MR) is 84.0 cm³/mol. The Morgan fingerprint density at radius 2 is 2.32 bits per heavy atom. The predicted octanol–water partition coefficient (Wildman–Crippen LogP) is 4.00. The minimum absolute atomic E-state index is 0.209. The number of hydrogen-bond acceptors (Lipinski definition) is 6. The number of nitrogens with one attached hydrogen (secondary N) is 1. The maximum absolute atomic E-state index is 13.7. The van der Waals surface area contributed by atoms with E-state index in [1.165, 1.54) is 24.5 Å². The van der Waals surface area contributed by atoms with Gasteiger partial charge in [-0.05, 0) is 30.3 Å². The number of anilines is 1. The van der Waals surface area contributed by atoms with Crippen LogP contribution in [0.5, 0.6) is 5.75 Å². The second kappa shape index (κ2) is 6.40. The van der Waals surface area contributed by atoms with Crippen LogP contribution >= 0.6 is 11.3 Å². The van der Waals surface area contributed by atoms with Gasteiger partial charge in [0.05, 0.1) is 25.3 Å². The average Bonchev–Trinajstić information content (AvgIpc) is 3.19. The van der Waals surface area contributed by atoms with Gasteiger partial charge in [-0.25, -0.2) is 9.37 Å². The maximum Gasteiger partial charge on any atom is 0.203 e. The number of thiazole rings is 1. The summed E-state index contributed by atoms with van der Waals surface area (Å²) in [4.78, 5) is 4.35. The third-order valence-corrected chi connectivity index (χ3v) is 3.59. The van der Waals surface area contributed by atoms with Crippen LogP contribution in [0.3, 0.4) is 0 Å². The normalized spacial score (nSPS) is 11.0. The summed E-state index contributed by atoms with van der Waals surface area (Å²) in [5, 5.41) is 6.45. The van der Waals surface area contributed by atoms with E-state index in [9.17, 15) is 4.39 Å². The van der Waals surface area contributed by atoms with Crippen molar-refractivity contribution in [1.29, 1.82) is 0 Å². The lowest BCUT2D eigenvalue weighted by Gasteiger charge is -2.02. The van der Waals surface area contributed by atoms with Crippen molar-refractivity contribution in [2.75, 3.05) is 12.5 Å². The van der Waals surface area contributed by atoms with Gasteiger partial charge < -0.3 is 9.15 Å². The molecule has 0 amide bonds. The molecule has 0 fully saturated rings. The molecule has 0 saturated heterocycles. The number of methoxy groups -OCH3 is 1. The third-order valence-electron chi connectivity index (χ3n) is 2.85. The zero-order valence-electron chi connectivity index (χ0n) is 11.6. The van der Waals surface area contributed by atoms with Crippen molar-refractivity contribution in [2.45, 2.75) is 0 Å². The second-order valence-corrected chi connectivity index (χ2v) is 5.13. The van der Waals surface area contributed by atoms with E-state index in [-0.39, 0.29) is 5.75 Å². The van der Waals surface area contributed by atoms with E-state index in [1.54, 1.807) is 36.7 Å². The van der Waals surface area contributed by atoms with Crippen molar-refractivity contribution < 1.29 is 13.5 Å². The van der Waals surface area contributed by atoms with Crippen LogP contribution in [0.25, 0.3) is 11.3 Å². The highest BCUT2D eigenvalue weighted by atomic mass is 32.1. The Bertz CT molecular complexity index is 784. The molecule has 0 bridgehead atoms. The Morgan fingerprint density at radius 3 is 3.05 bits per heavy atom. The highest BCUT2D eigenvalue weighted by Crippen LogP contribution is 2.28. The Kier molecular flexibility index (Phi) is 4.15. The van der Waals surface area contributed by atoms with Crippen LogP contribution in [0, 0.1) is 5.82 Å². The zero-order chi connectivity index (χ0) is 15.4. The minimum Gasteiger partial charge on any atom is -0.494 e. The highest BCUT2D eigenvalue weighted by molar-refractivity contribution is 7.14. The number of hydrogen-bond donors (Lipinski definition) is 1. The molecule has 0 aliphatic heterocycles. The number of halogens is 1. The molecule has 112 valence electrons. The largest absolute Gasteiger partial charge is 0.494 e. The van der Waals surface area contributed by atoms with Gasteiger partial charge in [0, 0.05) is 10.9 Å². The van der Waals surface area contributed by atoms with Crippen LogP contribution in [-0.4, -0.2) is 18.3 Å². The van der Waals surface area contributed by atoms with E-state index < -0.39 is 5.82 Å². The van der Waals surface area contributed by atoms with Gasteiger partial charge in [-0.2, -0.15) is 5.10 Å². The number of rotatable bonds is 5. The van der Waals surface area contributed by atoms with Crippen molar-refractivity contribution in [3.05, 3.63) is 53.6 Å². The Balaban J connectivity index is 1.72. The summed E-state index contributed by atoms with van der Waals surface area (Å²) in [5.41, 5.74) is 4.16. The van der Waals surface area contributed by atoms with E-state index in [0.717, 1.165) is 0 Å². The maximum atomic E-state index is 13.7. The van der Waals surface area contributed by atoms with Crippen molar-refractivity contribution in [3.8, 4) is 17.0 Å². The fourth-order valence-electron chi connectivity index (χ4n) is 1.80. The topological polar surface area (TPSA) is 59.6 Å². The highest BCUT2D eigenvalue weighted by Gasteiger charge is 2.08. The first kappa shape index (κ1) is 14.3. The first-order valence-electron chi connectivity index (χ1n) is 6.38. The Morgan fingerprint density at radius 1 is 1.41 bits per heavy atom. The molecule has 0 radical (unpaired) electrons. The van der Waals surface area contributed by atoms with Gasteiger partial charge in [-0.15, -0.1) is 11.3 Å². The molecular formula is C15H12FN3O2S. The van der Waals surface area contributed by atoms with Crippen LogP contribution in [-0.2, 0) is 0 Å². The third kappa shape index (κ3) is 3.15. The summed E-state index contributed by atoms with van der Waals surface area (Å²) < 4.78 is 23.7. The first-order valence-corrected chi connectivity index (χ1v) is 7.26. The van der Waals surface area contributed by atoms with Crippen molar-refractivity contribution in [3.63, 3.8) is 0 Å². The molecular weight excluding hydrogens is 305 g/mol. The number of ether oxygens (including phenoxy) is 1. The van der Waals surface area contributed by atoms with Gasteiger partial charge in [-0.3, -0.25) is 5.43 Å². The van der Waals surface area contributed by atoms with E-state index in [0.29, 0.717) is 22.1 Å². The van der Waals surface area contributed by atoms with Gasteiger partial charge in [0.1, 0.15) is 5.76 Å². The molecule has 0 unspecified atom stereocenters. The molecule has 1 aromatic carbocycles. The first-order chi connectivity index (χ1) is 10.8. The molecule has 1 N–H and O–H groups in total. The number of aromatic nitrogens is 1. The van der Waals surface area contributed by atoms with E-state index in [1.807, 2.05) is 5.38 Å². The lowest BCUT2D eigenvalue weighted by molar-refractivity contribution is 0.386. The van der Waals surface area contributed by atoms with Crippen LogP contribution in [0.4, 0.5) is 9.52 Å². The molecule has 0 aliphatic rings. The van der Waals surface area contributed by atoms with Crippen LogP contribution in [0.1, 0.15) is 5.76 Å². The lowest BCUT2D eigenvalue weighted by Crippen LogP contribution is -1.90. The monoisotopic (exact) mass is 317 g/mol. The number of benzene rings is 1. The SMILES string of the molecule is COc1ccc(-c2csc(N/N=C/c3ccco3)n2)cc1F. The summed E-state index contributed by atoms with van der Waals surface area (Å²) in [6.45, 7) is 0. The smallest absolute Gasteiger partial charge is 0.203 e. The molecule has 2 heterocycles. The number of furan rings is 1. The van der Waals surface area contributed by atoms with Crippen LogP contribution < -0.4 is 10.2 Å². The van der Waals surface area contributed by atoms with Gasteiger partial charge in [0.15, 0.2) is 11.6 Å². The van der Waals surface area contributed by atoms with E-state index >= 15 is 0 Å². The summed E-state index contributed by atoms with van der Waals surface area (Å²) in [6.07, 6.45) is 3.12. The van der Waals surface area contributed by atoms with Crippen molar-refractivity contribution >= 4 is 22.7 Å². The van der Waals surface area contributed by atoms with Gasteiger partial charge >= 0.3 is 0 Å². The summed E-state index contributed by atoms with van der Waals surface area (Å²) in [6, 6.07) is 8.29. The lowest BCUT2D eigenvalue weighted by atomic mass is 10.1. The fourth-order valence-corrected chi connectivity index (χ4v) is 2.47. The van der Waals surface area contributed by atoms with E-state index in [2.05, 4.69) is 15.5 Å². The molecule has 3 rings (SSSR count). The fraction of sp³-hybridized carbons (Fsp3) is 0.0667. The molecule has 22 heavy (non-hydrogen) atoms. The van der Waals surface area contributed by atoms with Gasteiger partial charge in [0.2, 0.25) is 5.13 Å². The molecule has 0 spiro atoms. The number of nitrogens with zero attached hydrogens (tertiary/aromatic N) is 2. The van der Waals surface area contributed by atoms with Gasteiger partial charge in [-0.1, -0.05) is 0 Å². The quantitative estimate of drug-likeness (QED) is 0.571. The van der Waals surface area contributed by atoms with E-state index in [4.69, 9.17) is 9.15 Å². The summed E-state index contributed by atoms with van der Waals surface area (Å²) >= 11 is 1.38. The Hall–Kier alpha value is -2.67. The Labute approximate surface area is 130 Å². The molecule has 0 atom stereocenters. The van der Waals surface area contributed by atoms with Crippen LogP contribution in [0.15, 0.2) is 51.5 Å². The number of hydrazone groups is 1. The van der Waals surface area contributed by atoms with Crippen molar-refractivity contribution in [2.24, 2.45) is 5.10 Å². The minimum atomic E-state index is -0.418. The zero-order valence-corrected chi connectivity index (χ0v) is 12.4. The summed E-state index contributed by atoms with van der Waals surface area (Å²) in [5.74, 6) is 0.431. The summed E-state index contributed by atoms with van der Waals surface area (Å²) in [7, 11) is 1.43. The second-order valence-electron chi connectivity index (χ2n) is 4.27. The molecule has 5 nitrogen and oxygen atoms in total. The standard InChI is InChI=1S/C15H12FN3O2S/c1-20-14-5-4-10(7-12(14)16)13-9-22-15(18-13)19-17-8-11-3-2-6-21-11/h2-9H,1H3,(H,18,19)/b17-8+. The van der Waals surface area contributed by atoms with Crippen molar-refractivity contribution in [1.82, 2.24) is 4.98 Å².